The quantitative estimate of drug-likeness (QED) is 0.737. The first-order valence-corrected chi connectivity index (χ1v) is 9.23. The van der Waals surface area contributed by atoms with Crippen molar-refractivity contribution in [3.8, 4) is 0 Å². The zero-order valence-corrected chi connectivity index (χ0v) is 15.0. The Kier molecular flexibility index (Phi) is 6.22. The van der Waals surface area contributed by atoms with Crippen LogP contribution in [0.5, 0.6) is 0 Å². The zero-order chi connectivity index (χ0) is 18.4. The maximum Gasteiger partial charge on any atom is 0.315 e. The fourth-order valence-electron chi connectivity index (χ4n) is 3.30. The fourth-order valence-corrected chi connectivity index (χ4v) is 3.30. The van der Waals surface area contributed by atoms with Gasteiger partial charge in [-0.15, -0.1) is 0 Å². The van der Waals surface area contributed by atoms with Crippen molar-refractivity contribution in [2.24, 2.45) is 0 Å². The molecule has 0 bridgehead atoms. The van der Waals surface area contributed by atoms with Gasteiger partial charge >= 0.3 is 6.03 Å². The van der Waals surface area contributed by atoms with E-state index in [1.165, 1.54) is 19.3 Å². The van der Waals surface area contributed by atoms with Gasteiger partial charge in [-0.05, 0) is 25.3 Å². The molecule has 7 heteroatoms. The summed E-state index contributed by atoms with van der Waals surface area (Å²) in [6, 6.07) is 8.42. The summed E-state index contributed by atoms with van der Waals surface area (Å²) < 4.78 is 5.24. The number of aliphatic hydroxyl groups excluding tert-OH is 1. The molecule has 2 atom stereocenters. The first-order valence-electron chi connectivity index (χ1n) is 9.23. The van der Waals surface area contributed by atoms with E-state index in [2.05, 4.69) is 20.8 Å². The summed E-state index contributed by atoms with van der Waals surface area (Å²) in [5.74, 6) is 1.52. The highest BCUT2D eigenvalue weighted by Gasteiger charge is 2.21. The van der Waals surface area contributed by atoms with Gasteiger partial charge in [0.1, 0.15) is 0 Å². The van der Waals surface area contributed by atoms with Crippen LogP contribution in [0.1, 0.15) is 68.3 Å². The number of carbonyl (C=O) groups is 1. The fraction of sp³-hybridized carbons (Fsp3) is 0.526. The van der Waals surface area contributed by atoms with Crippen molar-refractivity contribution in [2.75, 3.05) is 0 Å². The number of benzene rings is 1. The molecule has 1 saturated carbocycles. The molecule has 2 aromatic rings. The van der Waals surface area contributed by atoms with Crippen LogP contribution in [-0.2, 0) is 6.54 Å². The minimum Gasteiger partial charge on any atom is -0.386 e. The van der Waals surface area contributed by atoms with Gasteiger partial charge in [0.05, 0.1) is 18.7 Å². The second-order valence-corrected chi connectivity index (χ2v) is 6.85. The number of nitrogens with one attached hydrogen (secondary N) is 2. The van der Waals surface area contributed by atoms with Crippen LogP contribution in [-0.4, -0.2) is 27.3 Å². The molecule has 140 valence electrons. The average Bonchev–Trinajstić information content (AvgIpc) is 3.16. The van der Waals surface area contributed by atoms with Crippen molar-refractivity contribution < 1.29 is 14.4 Å². The Morgan fingerprint density at radius 1 is 1.27 bits per heavy atom. The molecular weight excluding hydrogens is 332 g/mol. The molecule has 0 aliphatic heterocycles. The Morgan fingerprint density at radius 3 is 2.73 bits per heavy atom. The van der Waals surface area contributed by atoms with Crippen molar-refractivity contribution in [3.63, 3.8) is 0 Å². The van der Waals surface area contributed by atoms with Gasteiger partial charge in [0, 0.05) is 5.92 Å². The van der Waals surface area contributed by atoms with Crippen LogP contribution >= 0.6 is 0 Å². The van der Waals surface area contributed by atoms with E-state index in [1.807, 2.05) is 30.3 Å². The van der Waals surface area contributed by atoms with Crippen LogP contribution in [0.2, 0.25) is 0 Å². The maximum absolute atomic E-state index is 12.0. The Balaban J connectivity index is 1.46. The lowest BCUT2D eigenvalue weighted by atomic mass is 9.89. The molecule has 7 nitrogen and oxygen atoms in total. The Morgan fingerprint density at radius 2 is 2.00 bits per heavy atom. The number of hydrogen-bond donors (Lipinski definition) is 3. The smallest absolute Gasteiger partial charge is 0.315 e. The molecule has 26 heavy (non-hydrogen) atoms. The van der Waals surface area contributed by atoms with Gasteiger partial charge in [-0.2, -0.15) is 4.98 Å². The number of carbonyl (C=O) groups excluding carboxylic acids is 1. The van der Waals surface area contributed by atoms with Gasteiger partial charge < -0.3 is 20.3 Å². The van der Waals surface area contributed by atoms with E-state index in [0.717, 1.165) is 24.2 Å². The lowest BCUT2D eigenvalue weighted by molar-refractivity contribution is 0.137. The SMILES string of the molecule is C[C@H](NC(=O)NCc1nc(C2CCCCC2)no1)[C@H](O)c1ccccc1. The summed E-state index contributed by atoms with van der Waals surface area (Å²) in [6.45, 7) is 1.92. The van der Waals surface area contributed by atoms with Crippen molar-refractivity contribution in [3.05, 3.63) is 47.6 Å². The molecule has 3 rings (SSSR count). The molecule has 1 aliphatic carbocycles. The van der Waals surface area contributed by atoms with E-state index in [9.17, 15) is 9.90 Å². The number of urea groups is 1. The highest BCUT2D eigenvalue weighted by Crippen LogP contribution is 2.30. The minimum atomic E-state index is -0.775. The number of hydrogen-bond acceptors (Lipinski definition) is 5. The topological polar surface area (TPSA) is 100 Å². The Bertz CT molecular complexity index is 698. The number of rotatable bonds is 6. The van der Waals surface area contributed by atoms with Crippen molar-refractivity contribution >= 4 is 6.03 Å². The van der Waals surface area contributed by atoms with Crippen LogP contribution in [0.3, 0.4) is 0 Å². The number of nitrogens with zero attached hydrogens (tertiary/aromatic N) is 2. The lowest BCUT2D eigenvalue weighted by Gasteiger charge is -2.20. The molecule has 0 saturated heterocycles. The number of amides is 2. The third kappa shape index (κ3) is 4.82. The molecule has 1 aliphatic rings. The predicted octanol–water partition coefficient (Wildman–Crippen LogP) is 3.04. The lowest BCUT2D eigenvalue weighted by Crippen LogP contribution is -2.43. The first kappa shape index (κ1) is 18.4. The summed E-state index contributed by atoms with van der Waals surface area (Å²) in [6.07, 6.45) is 5.11. The Labute approximate surface area is 153 Å². The molecule has 1 fully saturated rings. The molecule has 2 amide bonds. The van der Waals surface area contributed by atoms with Crippen LogP contribution in [0.15, 0.2) is 34.9 Å². The average molecular weight is 358 g/mol. The van der Waals surface area contributed by atoms with Crippen molar-refractivity contribution in [1.82, 2.24) is 20.8 Å². The van der Waals surface area contributed by atoms with Crippen molar-refractivity contribution in [1.29, 1.82) is 0 Å². The second-order valence-electron chi connectivity index (χ2n) is 6.85. The van der Waals surface area contributed by atoms with E-state index in [0.29, 0.717) is 11.8 Å². The highest BCUT2D eigenvalue weighted by atomic mass is 16.5. The van der Waals surface area contributed by atoms with E-state index in [4.69, 9.17) is 4.52 Å². The van der Waals surface area contributed by atoms with E-state index in [-0.39, 0.29) is 12.6 Å². The van der Waals surface area contributed by atoms with E-state index < -0.39 is 12.1 Å². The molecule has 1 heterocycles. The molecule has 0 spiro atoms. The molecule has 3 N–H and O–H groups in total. The third-order valence-electron chi connectivity index (χ3n) is 4.83. The second kappa shape index (κ2) is 8.80. The largest absolute Gasteiger partial charge is 0.386 e. The van der Waals surface area contributed by atoms with Crippen LogP contribution in [0.4, 0.5) is 4.79 Å². The summed E-state index contributed by atoms with van der Waals surface area (Å²) in [5.41, 5.74) is 0.759. The molecule has 1 aromatic carbocycles. The van der Waals surface area contributed by atoms with Crippen molar-refractivity contribution in [2.45, 2.75) is 63.6 Å². The van der Waals surface area contributed by atoms with Crippen LogP contribution in [0.25, 0.3) is 0 Å². The maximum atomic E-state index is 12.0. The van der Waals surface area contributed by atoms with E-state index >= 15 is 0 Å². The minimum absolute atomic E-state index is 0.166. The highest BCUT2D eigenvalue weighted by molar-refractivity contribution is 5.74. The third-order valence-corrected chi connectivity index (χ3v) is 4.83. The first-order chi connectivity index (χ1) is 12.6. The van der Waals surface area contributed by atoms with Gasteiger partial charge in [0.25, 0.3) is 0 Å². The van der Waals surface area contributed by atoms with Gasteiger partial charge in [0.2, 0.25) is 5.89 Å². The monoisotopic (exact) mass is 358 g/mol. The van der Waals surface area contributed by atoms with Gasteiger partial charge in [-0.1, -0.05) is 54.8 Å². The summed E-state index contributed by atoms with van der Waals surface area (Å²) in [7, 11) is 0. The molecule has 0 radical (unpaired) electrons. The van der Waals surface area contributed by atoms with E-state index in [1.54, 1.807) is 6.92 Å². The zero-order valence-electron chi connectivity index (χ0n) is 15.0. The summed E-state index contributed by atoms with van der Waals surface area (Å²) in [4.78, 5) is 16.4. The molecular formula is C19H26N4O3. The van der Waals surface area contributed by atoms with Gasteiger partial charge in [-0.3, -0.25) is 0 Å². The molecule has 1 aromatic heterocycles. The number of aliphatic hydroxyl groups is 1. The number of aromatic nitrogens is 2. The van der Waals surface area contributed by atoms with Crippen LogP contribution in [0, 0.1) is 0 Å². The summed E-state index contributed by atoms with van der Waals surface area (Å²) in [5, 5.41) is 19.8. The van der Waals surface area contributed by atoms with Crippen LogP contribution < -0.4 is 10.6 Å². The van der Waals surface area contributed by atoms with Gasteiger partial charge in [0.15, 0.2) is 5.82 Å². The normalized spacial score (nSPS) is 17.5. The summed E-state index contributed by atoms with van der Waals surface area (Å²) >= 11 is 0. The van der Waals surface area contributed by atoms with Gasteiger partial charge in [-0.25, -0.2) is 4.79 Å². The Hall–Kier alpha value is -2.41. The standard InChI is InChI=1S/C19H26N4O3/c1-13(17(24)14-8-4-2-5-9-14)21-19(25)20-12-16-22-18(23-26-16)15-10-6-3-7-11-15/h2,4-5,8-9,13,15,17,24H,3,6-7,10-12H2,1H3,(H2,20,21,25)/t13-,17-/m0/s1. The molecule has 0 unspecified atom stereocenters. The predicted molar refractivity (Wildman–Crippen MR) is 96.4 cm³/mol.